The van der Waals surface area contributed by atoms with E-state index in [0.717, 1.165) is 23.4 Å². The van der Waals surface area contributed by atoms with Gasteiger partial charge in [-0.15, -0.1) is 5.10 Å². The van der Waals surface area contributed by atoms with Crippen molar-refractivity contribution in [1.82, 2.24) is 15.0 Å². The van der Waals surface area contributed by atoms with Crippen molar-refractivity contribution in [2.75, 3.05) is 0 Å². The van der Waals surface area contributed by atoms with Crippen molar-refractivity contribution in [3.05, 3.63) is 65.9 Å². The van der Waals surface area contributed by atoms with Gasteiger partial charge >= 0.3 is 0 Å². The number of rotatable bonds is 3. The summed E-state index contributed by atoms with van der Waals surface area (Å²) in [5.41, 5.74) is 5.59. The van der Waals surface area contributed by atoms with Crippen LogP contribution in [0.3, 0.4) is 0 Å². The normalized spacial score (nSPS) is 10.7. The van der Waals surface area contributed by atoms with Crippen LogP contribution in [0.4, 0.5) is 0 Å². The van der Waals surface area contributed by atoms with E-state index < -0.39 is 0 Å². The molecule has 0 atom stereocenters. The summed E-state index contributed by atoms with van der Waals surface area (Å²) in [6.45, 7) is 4.23. The molecule has 2 aromatic carbocycles. The Morgan fingerprint density at radius 1 is 1.05 bits per heavy atom. The molecular weight excluding hydrogens is 246 g/mol. The molecule has 100 valence electrons. The van der Waals surface area contributed by atoms with Gasteiger partial charge in [-0.2, -0.15) is 0 Å². The lowest BCUT2D eigenvalue weighted by Crippen LogP contribution is -1.95. The first-order valence-electron chi connectivity index (χ1n) is 6.85. The second-order valence-corrected chi connectivity index (χ2v) is 4.94. The molecule has 3 nitrogen and oxygen atoms in total. The highest BCUT2D eigenvalue weighted by molar-refractivity contribution is 5.58. The summed E-state index contributed by atoms with van der Waals surface area (Å²) in [6.07, 6.45) is 2.99. The minimum Gasteiger partial charge on any atom is -0.220 e. The number of hydrogen-bond donors (Lipinski definition) is 0. The van der Waals surface area contributed by atoms with Crippen LogP contribution in [0, 0.1) is 6.92 Å². The standard InChI is InChI=1S/C17H17N3/c1-3-14-5-4-6-16(11-14)20-12-17(18-19-20)15-9-7-13(2)8-10-15/h4-12H,3H2,1-2H3. The Morgan fingerprint density at radius 2 is 1.85 bits per heavy atom. The Morgan fingerprint density at radius 3 is 2.60 bits per heavy atom. The van der Waals surface area contributed by atoms with E-state index in [9.17, 15) is 0 Å². The topological polar surface area (TPSA) is 30.7 Å². The third-order valence-corrected chi connectivity index (χ3v) is 3.42. The smallest absolute Gasteiger partial charge is 0.113 e. The van der Waals surface area contributed by atoms with Crippen LogP contribution < -0.4 is 0 Å². The lowest BCUT2D eigenvalue weighted by Gasteiger charge is -2.02. The van der Waals surface area contributed by atoms with E-state index >= 15 is 0 Å². The van der Waals surface area contributed by atoms with E-state index in [0.29, 0.717) is 0 Å². The largest absolute Gasteiger partial charge is 0.220 e. The van der Waals surface area contributed by atoms with Crippen LogP contribution >= 0.6 is 0 Å². The summed E-state index contributed by atoms with van der Waals surface area (Å²) >= 11 is 0. The van der Waals surface area contributed by atoms with Gasteiger partial charge < -0.3 is 0 Å². The Balaban J connectivity index is 1.95. The van der Waals surface area contributed by atoms with Gasteiger partial charge in [-0.3, -0.25) is 0 Å². The van der Waals surface area contributed by atoms with Gasteiger partial charge in [0, 0.05) is 5.56 Å². The highest BCUT2D eigenvalue weighted by atomic mass is 15.4. The summed E-state index contributed by atoms with van der Waals surface area (Å²) < 4.78 is 1.83. The quantitative estimate of drug-likeness (QED) is 0.719. The SMILES string of the molecule is CCc1cccc(-n2cc(-c3ccc(C)cc3)nn2)c1. The fourth-order valence-corrected chi connectivity index (χ4v) is 2.17. The minimum absolute atomic E-state index is 0.895. The van der Waals surface area contributed by atoms with Gasteiger partial charge in [-0.05, 0) is 31.0 Å². The van der Waals surface area contributed by atoms with Crippen molar-refractivity contribution < 1.29 is 0 Å². The third-order valence-electron chi connectivity index (χ3n) is 3.42. The molecule has 0 aliphatic carbocycles. The third kappa shape index (κ3) is 2.48. The fourth-order valence-electron chi connectivity index (χ4n) is 2.17. The van der Waals surface area contributed by atoms with Crippen LogP contribution in [0.5, 0.6) is 0 Å². The Hall–Kier alpha value is -2.42. The zero-order valence-electron chi connectivity index (χ0n) is 11.7. The molecule has 1 aromatic heterocycles. The molecule has 0 saturated heterocycles. The molecule has 3 heteroatoms. The zero-order valence-corrected chi connectivity index (χ0v) is 11.7. The minimum atomic E-state index is 0.895. The molecule has 1 heterocycles. The predicted molar refractivity (Wildman–Crippen MR) is 80.9 cm³/mol. The van der Waals surface area contributed by atoms with Crippen LogP contribution in [-0.4, -0.2) is 15.0 Å². The number of benzene rings is 2. The van der Waals surface area contributed by atoms with Crippen molar-refractivity contribution in [3.63, 3.8) is 0 Å². The van der Waals surface area contributed by atoms with E-state index in [4.69, 9.17) is 0 Å². The molecule has 3 aromatic rings. The summed E-state index contributed by atoms with van der Waals surface area (Å²) in [7, 11) is 0. The van der Waals surface area contributed by atoms with Gasteiger partial charge in [0.25, 0.3) is 0 Å². The number of hydrogen-bond acceptors (Lipinski definition) is 2. The monoisotopic (exact) mass is 263 g/mol. The van der Waals surface area contributed by atoms with Crippen molar-refractivity contribution >= 4 is 0 Å². The van der Waals surface area contributed by atoms with Gasteiger partial charge in [-0.1, -0.05) is 54.1 Å². The summed E-state index contributed by atoms with van der Waals surface area (Å²) in [5, 5.41) is 8.49. The molecule has 0 aliphatic rings. The van der Waals surface area contributed by atoms with Crippen molar-refractivity contribution in [1.29, 1.82) is 0 Å². The Kier molecular flexibility index (Phi) is 3.33. The van der Waals surface area contributed by atoms with Crippen molar-refractivity contribution in [3.8, 4) is 16.9 Å². The highest BCUT2D eigenvalue weighted by Gasteiger charge is 2.05. The van der Waals surface area contributed by atoms with Crippen LogP contribution in [-0.2, 0) is 6.42 Å². The molecule has 0 amide bonds. The first-order valence-corrected chi connectivity index (χ1v) is 6.85. The fraction of sp³-hybridized carbons (Fsp3) is 0.176. The van der Waals surface area contributed by atoms with Gasteiger partial charge in [0.15, 0.2) is 0 Å². The van der Waals surface area contributed by atoms with Gasteiger partial charge in [0.1, 0.15) is 5.69 Å². The van der Waals surface area contributed by atoms with Gasteiger partial charge in [0.2, 0.25) is 0 Å². The molecule has 0 spiro atoms. The Labute approximate surface area is 118 Å². The second-order valence-electron chi connectivity index (χ2n) is 4.94. The summed E-state index contributed by atoms with van der Waals surface area (Å²) in [5.74, 6) is 0. The predicted octanol–water partition coefficient (Wildman–Crippen LogP) is 3.81. The average molecular weight is 263 g/mol. The highest BCUT2D eigenvalue weighted by Crippen LogP contribution is 2.18. The molecule has 0 N–H and O–H groups in total. The summed E-state index contributed by atoms with van der Waals surface area (Å²) in [6, 6.07) is 16.7. The molecule has 3 rings (SSSR count). The van der Waals surface area contributed by atoms with Gasteiger partial charge in [0.05, 0.1) is 11.9 Å². The molecule has 0 fully saturated rings. The van der Waals surface area contributed by atoms with Crippen molar-refractivity contribution in [2.24, 2.45) is 0 Å². The van der Waals surface area contributed by atoms with Crippen LogP contribution in [0.1, 0.15) is 18.1 Å². The molecule has 0 unspecified atom stereocenters. The number of aromatic nitrogens is 3. The van der Waals surface area contributed by atoms with Crippen LogP contribution in [0.2, 0.25) is 0 Å². The maximum Gasteiger partial charge on any atom is 0.113 e. The zero-order chi connectivity index (χ0) is 13.9. The molecule has 20 heavy (non-hydrogen) atoms. The number of nitrogens with zero attached hydrogens (tertiary/aromatic N) is 3. The van der Waals surface area contributed by atoms with Crippen LogP contribution in [0.15, 0.2) is 54.7 Å². The first kappa shape index (κ1) is 12.6. The number of aryl methyl sites for hydroxylation is 2. The van der Waals surface area contributed by atoms with E-state index in [1.54, 1.807) is 0 Å². The maximum absolute atomic E-state index is 4.26. The van der Waals surface area contributed by atoms with E-state index in [2.05, 4.69) is 66.6 Å². The maximum atomic E-state index is 4.26. The van der Waals surface area contributed by atoms with E-state index in [1.807, 2.05) is 16.9 Å². The van der Waals surface area contributed by atoms with Gasteiger partial charge in [-0.25, -0.2) is 4.68 Å². The lowest BCUT2D eigenvalue weighted by molar-refractivity contribution is 0.802. The molecule has 0 radical (unpaired) electrons. The second kappa shape index (κ2) is 5.29. The lowest BCUT2D eigenvalue weighted by atomic mass is 10.1. The van der Waals surface area contributed by atoms with E-state index in [1.165, 1.54) is 11.1 Å². The summed E-state index contributed by atoms with van der Waals surface area (Å²) in [4.78, 5) is 0. The molecule has 0 bridgehead atoms. The van der Waals surface area contributed by atoms with E-state index in [-0.39, 0.29) is 0 Å². The average Bonchev–Trinajstić information content (AvgIpc) is 2.98. The first-order chi connectivity index (χ1) is 9.76. The van der Waals surface area contributed by atoms with Crippen molar-refractivity contribution in [2.45, 2.75) is 20.3 Å². The van der Waals surface area contributed by atoms with Crippen LogP contribution in [0.25, 0.3) is 16.9 Å². The molecule has 0 aliphatic heterocycles. The molecular formula is C17H17N3. The molecule has 0 saturated carbocycles. The Bertz CT molecular complexity index is 711.